The van der Waals surface area contributed by atoms with Gasteiger partial charge in [0.05, 0.1) is 11.4 Å². The predicted octanol–water partition coefficient (Wildman–Crippen LogP) is 2.80. The summed E-state index contributed by atoms with van der Waals surface area (Å²) in [6.45, 7) is 4.63. The van der Waals surface area contributed by atoms with Gasteiger partial charge in [0, 0.05) is 12.6 Å². The van der Waals surface area contributed by atoms with E-state index in [0.29, 0.717) is 6.04 Å². The van der Waals surface area contributed by atoms with E-state index in [1.165, 1.54) is 25.3 Å². The van der Waals surface area contributed by atoms with Crippen molar-refractivity contribution < 1.29 is 4.79 Å². The van der Waals surface area contributed by atoms with Crippen LogP contribution in [0, 0.1) is 5.92 Å². The SMILES string of the molecule is C=CC(=O)Nc1ccccc1N1CC2CCC1C2. The van der Waals surface area contributed by atoms with Crippen LogP contribution in [0.25, 0.3) is 0 Å². The molecule has 0 aromatic heterocycles. The van der Waals surface area contributed by atoms with E-state index in [9.17, 15) is 4.79 Å². The van der Waals surface area contributed by atoms with E-state index < -0.39 is 0 Å². The van der Waals surface area contributed by atoms with Gasteiger partial charge in [-0.15, -0.1) is 0 Å². The fourth-order valence-electron chi connectivity index (χ4n) is 3.23. The fraction of sp³-hybridized carbons (Fsp3) is 0.400. The second kappa shape index (κ2) is 4.48. The zero-order valence-corrected chi connectivity index (χ0v) is 10.4. The van der Waals surface area contributed by atoms with Gasteiger partial charge in [-0.25, -0.2) is 0 Å². The maximum atomic E-state index is 11.5. The zero-order valence-electron chi connectivity index (χ0n) is 10.4. The Morgan fingerprint density at radius 3 is 2.89 bits per heavy atom. The van der Waals surface area contributed by atoms with E-state index in [2.05, 4.69) is 22.9 Å². The van der Waals surface area contributed by atoms with Crippen LogP contribution in [-0.4, -0.2) is 18.5 Å². The third-order valence-corrected chi connectivity index (χ3v) is 4.07. The highest BCUT2D eigenvalue weighted by Gasteiger charge is 2.38. The monoisotopic (exact) mass is 242 g/mol. The molecule has 2 bridgehead atoms. The van der Waals surface area contributed by atoms with Gasteiger partial charge in [0.15, 0.2) is 0 Å². The van der Waals surface area contributed by atoms with E-state index in [1.54, 1.807) is 0 Å². The molecular weight excluding hydrogens is 224 g/mol. The van der Waals surface area contributed by atoms with E-state index in [4.69, 9.17) is 0 Å². The standard InChI is InChI=1S/C15H18N2O/c1-2-15(18)16-13-5-3-4-6-14(13)17-10-11-7-8-12(17)9-11/h2-6,11-12H,1,7-10H2,(H,16,18). The second-order valence-corrected chi connectivity index (χ2v) is 5.20. The molecule has 1 N–H and O–H groups in total. The highest BCUT2D eigenvalue weighted by atomic mass is 16.1. The van der Waals surface area contributed by atoms with Crippen LogP contribution >= 0.6 is 0 Å². The van der Waals surface area contributed by atoms with Gasteiger partial charge >= 0.3 is 0 Å². The number of nitrogens with one attached hydrogen (secondary N) is 1. The minimum absolute atomic E-state index is 0.146. The maximum Gasteiger partial charge on any atom is 0.247 e. The quantitative estimate of drug-likeness (QED) is 0.827. The number of benzene rings is 1. The Morgan fingerprint density at radius 1 is 1.39 bits per heavy atom. The lowest BCUT2D eigenvalue weighted by Gasteiger charge is -2.30. The van der Waals surface area contributed by atoms with Crippen LogP contribution in [0.15, 0.2) is 36.9 Å². The second-order valence-electron chi connectivity index (χ2n) is 5.20. The first-order chi connectivity index (χ1) is 8.78. The molecule has 2 unspecified atom stereocenters. The molecule has 1 amide bonds. The number of fused-ring (bicyclic) bond motifs is 2. The van der Waals surface area contributed by atoms with Crippen LogP contribution in [-0.2, 0) is 4.79 Å². The lowest BCUT2D eigenvalue weighted by molar-refractivity contribution is -0.111. The highest BCUT2D eigenvalue weighted by molar-refractivity contribution is 6.01. The molecule has 1 aromatic carbocycles. The highest BCUT2D eigenvalue weighted by Crippen LogP contribution is 2.42. The van der Waals surface area contributed by atoms with Crippen molar-refractivity contribution in [3.8, 4) is 0 Å². The molecule has 94 valence electrons. The Labute approximate surface area is 107 Å². The first-order valence-corrected chi connectivity index (χ1v) is 6.57. The van der Waals surface area contributed by atoms with Crippen LogP contribution in [0.1, 0.15) is 19.3 Å². The number of rotatable bonds is 3. The molecule has 0 radical (unpaired) electrons. The summed E-state index contributed by atoms with van der Waals surface area (Å²) in [6.07, 6.45) is 5.27. The molecule has 1 aliphatic heterocycles. The van der Waals surface area contributed by atoms with Crippen molar-refractivity contribution in [3.05, 3.63) is 36.9 Å². The summed E-state index contributed by atoms with van der Waals surface area (Å²) in [5.41, 5.74) is 2.05. The zero-order chi connectivity index (χ0) is 12.5. The Hall–Kier alpha value is -1.77. The molecule has 2 aliphatic rings. The fourth-order valence-corrected chi connectivity index (χ4v) is 3.23. The maximum absolute atomic E-state index is 11.5. The van der Waals surface area contributed by atoms with Crippen LogP contribution in [0.2, 0.25) is 0 Å². The molecular formula is C15H18N2O. The number of carbonyl (C=O) groups is 1. The van der Waals surface area contributed by atoms with Gasteiger partial charge in [0.25, 0.3) is 0 Å². The van der Waals surface area contributed by atoms with Crippen molar-refractivity contribution in [1.82, 2.24) is 0 Å². The molecule has 1 heterocycles. The Balaban J connectivity index is 1.87. The molecule has 18 heavy (non-hydrogen) atoms. The molecule has 1 saturated carbocycles. The summed E-state index contributed by atoms with van der Waals surface area (Å²) in [7, 11) is 0. The number of hydrogen-bond donors (Lipinski definition) is 1. The smallest absolute Gasteiger partial charge is 0.247 e. The topological polar surface area (TPSA) is 32.3 Å². The summed E-state index contributed by atoms with van der Waals surface area (Å²) in [6, 6.07) is 8.71. The van der Waals surface area contributed by atoms with Gasteiger partial charge in [-0.05, 0) is 43.4 Å². The van der Waals surface area contributed by atoms with Crippen molar-refractivity contribution in [2.24, 2.45) is 5.92 Å². The normalized spacial score (nSPS) is 25.2. The van der Waals surface area contributed by atoms with E-state index >= 15 is 0 Å². The molecule has 1 aromatic rings. The van der Waals surface area contributed by atoms with Gasteiger partial charge in [-0.3, -0.25) is 4.79 Å². The van der Waals surface area contributed by atoms with Crippen molar-refractivity contribution in [2.75, 3.05) is 16.8 Å². The summed E-state index contributed by atoms with van der Waals surface area (Å²) in [4.78, 5) is 13.9. The molecule has 1 aliphatic carbocycles. The Kier molecular flexibility index (Phi) is 2.82. The number of nitrogens with zero attached hydrogens (tertiary/aromatic N) is 1. The minimum atomic E-state index is -0.146. The first-order valence-electron chi connectivity index (χ1n) is 6.57. The third-order valence-electron chi connectivity index (χ3n) is 4.07. The van der Waals surface area contributed by atoms with Gasteiger partial charge < -0.3 is 10.2 Å². The van der Waals surface area contributed by atoms with E-state index in [-0.39, 0.29) is 5.91 Å². The van der Waals surface area contributed by atoms with E-state index in [0.717, 1.165) is 23.8 Å². The van der Waals surface area contributed by atoms with Gasteiger partial charge in [0.1, 0.15) is 0 Å². The number of amides is 1. The van der Waals surface area contributed by atoms with Gasteiger partial charge in [-0.1, -0.05) is 18.7 Å². The lowest BCUT2D eigenvalue weighted by Crippen LogP contribution is -2.32. The van der Waals surface area contributed by atoms with Crippen LogP contribution < -0.4 is 10.2 Å². The molecule has 1 saturated heterocycles. The molecule has 0 spiro atoms. The van der Waals surface area contributed by atoms with E-state index in [1.807, 2.05) is 18.2 Å². The van der Waals surface area contributed by atoms with Gasteiger partial charge in [-0.2, -0.15) is 0 Å². The van der Waals surface area contributed by atoms with Crippen LogP contribution in [0.4, 0.5) is 11.4 Å². The van der Waals surface area contributed by atoms with Crippen molar-refractivity contribution in [2.45, 2.75) is 25.3 Å². The summed E-state index contributed by atoms with van der Waals surface area (Å²) >= 11 is 0. The average Bonchev–Trinajstić information content (AvgIpc) is 3.01. The van der Waals surface area contributed by atoms with Crippen molar-refractivity contribution in [3.63, 3.8) is 0 Å². The number of piperidine rings is 1. The molecule has 3 rings (SSSR count). The Morgan fingerprint density at radius 2 is 2.22 bits per heavy atom. The average molecular weight is 242 g/mol. The molecule has 2 fully saturated rings. The largest absolute Gasteiger partial charge is 0.367 e. The molecule has 2 atom stereocenters. The number of para-hydroxylation sites is 2. The van der Waals surface area contributed by atoms with Crippen molar-refractivity contribution in [1.29, 1.82) is 0 Å². The minimum Gasteiger partial charge on any atom is -0.367 e. The summed E-state index contributed by atoms with van der Waals surface area (Å²) < 4.78 is 0. The lowest BCUT2D eigenvalue weighted by atomic mass is 10.1. The predicted molar refractivity (Wildman–Crippen MR) is 73.7 cm³/mol. The third kappa shape index (κ3) is 1.90. The number of anilines is 2. The summed E-state index contributed by atoms with van der Waals surface area (Å²) in [5.74, 6) is 0.699. The van der Waals surface area contributed by atoms with Crippen LogP contribution in [0.5, 0.6) is 0 Å². The summed E-state index contributed by atoms with van der Waals surface area (Å²) in [5, 5.41) is 2.90. The Bertz CT molecular complexity index is 483. The first kappa shape index (κ1) is 11.3. The van der Waals surface area contributed by atoms with Crippen molar-refractivity contribution >= 4 is 17.3 Å². The number of carbonyl (C=O) groups excluding carboxylic acids is 1. The van der Waals surface area contributed by atoms with Gasteiger partial charge in [0.2, 0.25) is 5.91 Å². The molecule has 3 heteroatoms. The number of hydrogen-bond acceptors (Lipinski definition) is 2. The van der Waals surface area contributed by atoms with Crippen LogP contribution in [0.3, 0.4) is 0 Å². The molecule has 3 nitrogen and oxygen atoms in total.